The molecule has 1 heterocycles. The van der Waals surface area contributed by atoms with E-state index in [-0.39, 0.29) is 61.5 Å². The summed E-state index contributed by atoms with van der Waals surface area (Å²) in [6.45, 7) is 0.260. The molecule has 0 aliphatic rings. The Balaban J connectivity index is 1.49. The van der Waals surface area contributed by atoms with Crippen LogP contribution in [0.25, 0.3) is 10.8 Å². The van der Waals surface area contributed by atoms with Gasteiger partial charge in [0.15, 0.2) is 5.75 Å². The maximum Gasteiger partial charge on any atom is 0.255 e. The molecule has 0 radical (unpaired) electrons. The molecule has 0 bridgehead atoms. The van der Waals surface area contributed by atoms with Gasteiger partial charge in [-0.2, -0.15) is 25.2 Å². The van der Waals surface area contributed by atoms with Crippen molar-refractivity contribution in [3.05, 3.63) is 54.1 Å². The number of carbonyl (C=O) groups excluding carboxylic acids is 1. The molecule has 220 valence electrons. The highest BCUT2D eigenvalue weighted by Crippen LogP contribution is 2.44. The topological polar surface area (TPSA) is 228 Å². The molecule has 0 aliphatic heterocycles. The highest BCUT2D eigenvalue weighted by molar-refractivity contribution is 7.94. The minimum atomic E-state index is -0.376. The zero-order chi connectivity index (χ0) is 29.9. The molecule has 0 unspecified atom stereocenters. The zero-order valence-corrected chi connectivity index (χ0v) is 22.9. The minimum absolute atomic E-state index is 0.110. The minimum Gasteiger partial charge on any atom is -0.505 e. The number of aromatic nitrogens is 3. The number of hydrogen-bond donors (Lipinski definition) is 8. The van der Waals surface area contributed by atoms with Gasteiger partial charge < -0.3 is 36.6 Å². The van der Waals surface area contributed by atoms with E-state index in [0.29, 0.717) is 44.6 Å². The van der Waals surface area contributed by atoms with Crippen molar-refractivity contribution in [1.82, 2.24) is 15.0 Å². The lowest BCUT2D eigenvalue weighted by Gasteiger charge is -2.12. The maximum absolute atomic E-state index is 13.0. The molecule has 0 fully saturated rings. The van der Waals surface area contributed by atoms with Gasteiger partial charge in [-0.05, 0) is 53.9 Å². The second-order valence-electron chi connectivity index (χ2n) is 8.30. The summed E-state index contributed by atoms with van der Waals surface area (Å²) >= 11 is 0.624. The molecule has 42 heavy (non-hydrogen) atoms. The van der Waals surface area contributed by atoms with Crippen molar-refractivity contribution in [2.24, 2.45) is 10.2 Å². The van der Waals surface area contributed by atoms with Crippen LogP contribution >= 0.6 is 12.0 Å². The second-order valence-corrected chi connectivity index (χ2v) is 9.04. The van der Waals surface area contributed by atoms with Crippen LogP contribution in [0.15, 0.2) is 63.7 Å². The molecule has 0 saturated carbocycles. The molecule has 0 atom stereocenters. The van der Waals surface area contributed by atoms with Gasteiger partial charge in [0.05, 0.1) is 30.2 Å². The van der Waals surface area contributed by atoms with Gasteiger partial charge >= 0.3 is 0 Å². The summed E-state index contributed by atoms with van der Waals surface area (Å²) in [5.74, 6) is 0.132. The predicted molar refractivity (Wildman–Crippen MR) is 155 cm³/mol. The Bertz CT molecular complexity index is 1530. The summed E-state index contributed by atoms with van der Waals surface area (Å²) in [7, 11) is 1.44. The number of carbonyl (C=O) groups is 1. The number of nitrogens with one attached hydrogen (secondary N) is 4. The monoisotopic (exact) mass is 597 g/mol. The largest absolute Gasteiger partial charge is 0.505 e. The number of rotatable bonds is 14. The molecular formula is C25H27N9O7S. The Kier molecular flexibility index (Phi) is 10.7. The summed E-state index contributed by atoms with van der Waals surface area (Å²) in [4.78, 5) is 26.0. The van der Waals surface area contributed by atoms with Gasteiger partial charge in [0.2, 0.25) is 17.8 Å². The van der Waals surface area contributed by atoms with Crippen molar-refractivity contribution in [2.45, 2.75) is 4.90 Å². The van der Waals surface area contributed by atoms with Gasteiger partial charge in [-0.15, -0.1) is 4.33 Å². The third-order valence-corrected chi connectivity index (χ3v) is 6.11. The first-order valence-electron chi connectivity index (χ1n) is 12.3. The zero-order valence-electron chi connectivity index (χ0n) is 22.1. The molecule has 0 spiro atoms. The molecule has 4 aromatic rings. The first-order valence-corrected chi connectivity index (χ1v) is 13.1. The molecule has 1 aromatic heterocycles. The van der Waals surface area contributed by atoms with Crippen LogP contribution in [0.5, 0.6) is 5.75 Å². The number of phenolic OH excluding ortho intramolecular Hbond substituents is 1. The van der Waals surface area contributed by atoms with Crippen LogP contribution in [-0.4, -0.2) is 74.8 Å². The SMILES string of the molecule is CN=Nc1c(SOOO)cc2cc(NC(=O)c3ccc(Nc4nc(NCCO)nc(NCCO)n4)cc3)ccc2c1O. The van der Waals surface area contributed by atoms with E-state index in [2.05, 4.69) is 55.8 Å². The van der Waals surface area contributed by atoms with E-state index in [1.807, 2.05) is 0 Å². The standard InChI is InChI=1S/C25H27N9O7S/c1-26-34-20-19(42-41-40-39)13-15-12-17(6-7-18(15)21(20)37)29-22(38)14-2-4-16(5-3-14)30-25-32-23(27-8-10-35)31-24(33-25)28-9-11-36/h2-7,12-13,35-37,39H,8-11H2,1H3,(H,29,38)(H3,27,28,30,31,32,33). The van der Waals surface area contributed by atoms with E-state index < -0.39 is 0 Å². The maximum atomic E-state index is 13.0. The lowest BCUT2D eigenvalue weighted by molar-refractivity contribution is -0.432. The van der Waals surface area contributed by atoms with Gasteiger partial charge in [0.1, 0.15) is 5.69 Å². The number of anilines is 5. The molecule has 8 N–H and O–H groups in total. The Morgan fingerprint density at radius 1 is 0.929 bits per heavy atom. The van der Waals surface area contributed by atoms with E-state index >= 15 is 0 Å². The fourth-order valence-corrected chi connectivity index (χ4v) is 4.20. The van der Waals surface area contributed by atoms with Crippen molar-refractivity contribution in [3.8, 4) is 5.75 Å². The van der Waals surface area contributed by atoms with Crippen LogP contribution in [-0.2, 0) is 9.37 Å². The lowest BCUT2D eigenvalue weighted by atomic mass is 10.1. The van der Waals surface area contributed by atoms with Crippen molar-refractivity contribution < 1.29 is 34.7 Å². The van der Waals surface area contributed by atoms with E-state index in [1.54, 1.807) is 48.5 Å². The van der Waals surface area contributed by atoms with Crippen LogP contribution in [0.2, 0.25) is 0 Å². The molecular weight excluding hydrogens is 570 g/mol. The first kappa shape index (κ1) is 30.3. The van der Waals surface area contributed by atoms with Gasteiger partial charge in [-0.25, -0.2) is 5.26 Å². The Morgan fingerprint density at radius 3 is 2.19 bits per heavy atom. The Morgan fingerprint density at radius 2 is 1.57 bits per heavy atom. The fraction of sp³-hybridized carbons (Fsp3) is 0.200. The van der Waals surface area contributed by atoms with E-state index in [1.165, 1.54) is 7.05 Å². The summed E-state index contributed by atoms with van der Waals surface area (Å²) < 4.78 is 4.50. The van der Waals surface area contributed by atoms with E-state index in [9.17, 15) is 9.90 Å². The van der Waals surface area contributed by atoms with Gasteiger partial charge in [0, 0.05) is 42.5 Å². The third-order valence-electron chi connectivity index (χ3n) is 5.49. The number of benzene rings is 3. The summed E-state index contributed by atoms with van der Waals surface area (Å²) in [5, 5.41) is 61.2. The van der Waals surface area contributed by atoms with Gasteiger partial charge in [-0.1, -0.05) is 5.04 Å². The fourth-order valence-electron chi connectivity index (χ4n) is 3.70. The third kappa shape index (κ3) is 7.75. The number of aliphatic hydroxyl groups excluding tert-OH is 2. The highest BCUT2D eigenvalue weighted by Gasteiger charge is 2.16. The van der Waals surface area contributed by atoms with Crippen LogP contribution < -0.4 is 21.3 Å². The number of azo groups is 1. The summed E-state index contributed by atoms with van der Waals surface area (Å²) in [6, 6.07) is 13.1. The average Bonchev–Trinajstić information content (AvgIpc) is 2.99. The average molecular weight is 598 g/mol. The molecule has 17 heteroatoms. The van der Waals surface area contributed by atoms with Crippen molar-refractivity contribution in [2.75, 3.05) is 54.6 Å². The van der Waals surface area contributed by atoms with Gasteiger partial charge in [-0.3, -0.25) is 4.79 Å². The van der Waals surface area contributed by atoms with Crippen LogP contribution in [0.1, 0.15) is 10.4 Å². The van der Waals surface area contributed by atoms with Crippen LogP contribution in [0.3, 0.4) is 0 Å². The Labute approximate surface area is 242 Å². The van der Waals surface area contributed by atoms with Crippen LogP contribution in [0, 0.1) is 0 Å². The molecule has 16 nitrogen and oxygen atoms in total. The number of hydrogen-bond acceptors (Lipinski definition) is 16. The van der Waals surface area contributed by atoms with Crippen molar-refractivity contribution >= 4 is 63.6 Å². The van der Waals surface area contributed by atoms with Gasteiger partial charge in [0.25, 0.3) is 5.91 Å². The molecule has 4 rings (SSSR count). The first-order chi connectivity index (χ1) is 20.4. The normalized spacial score (nSPS) is 11.1. The summed E-state index contributed by atoms with van der Waals surface area (Å²) in [6.07, 6.45) is 0. The number of nitrogens with zero attached hydrogens (tertiary/aromatic N) is 5. The number of fused-ring (bicyclic) bond motifs is 1. The second kappa shape index (κ2) is 14.8. The molecule has 3 aromatic carbocycles. The number of aromatic hydroxyl groups is 1. The molecule has 1 amide bonds. The smallest absolute Gasteiger partial charge is 0.255 e. The van der Waals surface area contributed by atoms with Crippen molar-refractivity contribution in [1.29, 1.82) is 0 Å². The lowest BCUT2D eigenvalue weighted by Crippen LogP contribution is -2.15. The quantitative estimate of drug-likeness (QED) is 0.0449. The highest BCUT2D eigenvalue weighted by atomic mass is 32.2. The van der Waals surface area contributed by atoms with Crippen molar-refractivity contribution in [3.63, 3.8) is 0 Å². The van der Waals surface area contributed by atoms with E-state index in [0.717, 1.165) is 0 Å². The van der Waals surface area contributed by atoms with E-state index in [4.69, 9.17) is 15.5 Å². The molecule has 0 aliphatic carbocycles. The number of phenols is 1. The number of aliphatic hydroxyl groups is 2. The molecule has 0 saturated heterocycles. The predicted octanol–water partition coefficient (Wildman–Crippen LogP) is 3.68. The van der Waals surface area contributed by atoms with Crippen LogP contribution in [0.4, 0.5) is 34.9 Å². The number of amides is 1. The summed E-state index contributed by atoms with van der Waals surface area (Å²) in [5.41, 5.74) is 1.56. The Hall–Kier alpha value is -4.65.